The lowest BCUT2D eigenvalue weighted by atomic mass is 10.1. The van der Waals surface area contributed by atoms with Crippen LogP contribution in [-0.4, -0.2) is 55.0 Å². The van der Waals surface area contributed by atoms with Crippen LogP contribution < -0.4 is 5.32 Å². The van der Waals surface area contributed by atoms with Gasteiger partial charge in [-0.25, -0.2) is 9.97 Å². The van der Waals surface area contributed by atoms with E-state index in [1.54, 1.807) is 17.3 Å². The van der Waals surface area contributed by atoms with E-state index in [2.05, 4.69) is 25.3 Å². The van der Waals surface area contributed by atoms with Crippen molar-refractivity contribution in [1.29, 1.82) is 0 Å². The first-order valence-electron chi connectivity index (χ1n) is 8.80. The number of aryl methyl sites for hydroxylation is 1. The number of aromatic nitrogens is 4. The molecule has 9 heteroatoms. The van der Waals surface area contributed by atoms with Gasteiger partial charge in [0.1, 0.15) is 4.70 Å². The van der Waals surface area contributed by atoms with Crippen molar-refractivity contribution < 1.29 is 9.90 Å². The number of thiazole rings is 1. The number of nitrogens with zero attached hydrogens (tertiary/aromatic N) is 5. The molecule has 1 aliphatic heterocycles. The highest BCUT2D eigenvalue weighted by Crippen LogP contribution is 2.27. The van der Waals surface area contributed by atoms with Gasteiger partial charge in [-0.1, -0.05) is 6.07 Å². The van der Waals surface area contributed by atoms with Crippen LogP contribution in [0.5, 0.6) is 0 Å². The number of hydrogen-bond donors (Lipinski definition) is 2. The van der Waals surface area contributed by atoms with Gasteiger partial charge >= 0.3 is 0 Å². The summed E-state index contributed by atoms with van der Waals surface area (Å²) < 4.78 is 0.679. The maximum absolute atomic E-state index is 13.0. The van der Waals surface area contributed by atoms with E-state index in [-0.39, 0.29) is 11.9 Å². The number of rotatable bonds is 4. The summed E-state index contributed by atoms with van der Waals surface area (Å²) in [7, 11) is 0. The molecule has 1 saturated heterocycles. The third kappa shape index (κ3) is 3.60. The minimum atomic E-state index is -0.474. The van der Waals surface area contributed by atoms with E-state index in [1.165, 1.54) is 11.3 Å². The van der Waals surface area contributed by atoms with Crippen LogP contribution >= 0.6 is 11.3 Å². The predicted octanol–water partition coefficient (Wildman–Crippen LogP) is 2.17. The molecule has 0 bridgehead atoms. The van der Waals surface area contributed by atoms with Gasteiger partial charge in [-0.15, -0.1) is 11.3 Å². The minimum Gasteiger partial charge on any atom is -0.391 e. The summed E-state index contributed by atoms with van der Waals surface area (Å²) >= 11 is 1.41. The van der Waals surface area contributed by atoms with Crippen molar-refractivity contribution in [2.45, 2.75) is 32.4 Å². The molecule has 140 valence electrons. The van der Waals surface area contributed by atoms with Crippen molar-refractivity contribution in [2.24, 2.45) is 0 Å². The number of pyridine rings is 1. The Labute approximate surface area is 160 Å². The van der Waals surface area contributed by atoms with Gasteiger partial charge in [0.05, 0.1) is 17.2 Å². The summed E-state index contributed by atoms with van der Waals surface area (Å²) in [4.78, 5) is 32.2. The average Bonchev–Trinajstić information content (AvgIpc) is 3.26. The second-order valence-corrected chi connectivity index (χ2v) is 7.83. The summed E-state index contributed by atoms with van der Waals surface area (Å²) in [6.45, 7) is 4.72. The summed E-state index contributed by atoms with van der Waals surface area (Å²) in [5.41, 5.74) is 1.84. The van der Waals surface area contributed by atoms with E-state index >= 15 is 0 Å². The van der Waals surface area contributed by atoms with E-state index in [0.29, 0.717) is 41.5 Å². The van der Waals surface area contributed by atoms with Crippen molar-refractivity contribution in [3.05, 3.63) is 40.8 Å². The molecular weight excluding hydrogens is 364 g/mol. The molecule has 1 fully saturated rings. The van der Waals surface area contributed by atoms with Crippen LogP contribution in [0.2, 0.25) is 0 Å². The molecule has 1 amide bonds. The molecule has 27 heavy (non-hydrogen) atoms. The molecule has 1 aliphatic rings. The van der Waals surface area contributed by atoms with Gasteiger partial charge in [0, 0.05) is 25.5 Å². The number of aliphatic hydroxyl groups excluding tert-OH is 1. The Morgan fingerprint density at radius 1 is 1.41 bits per heavy atom. The van der Waals surface area contributed by atoms with Crippen LogP contribution in [0.1, 0.15) is 40.4 Å². The van der Waals surface area contributed by atoms with Crippen molar-refractivity contribution in [1.82, 2.24) is 24.8 Å². The second-order valence-electron chi connectivity index (χ2n) is 6.63. The Morgan fingerprint density at radius 2 is 2.26 bits per heavy atom. The van der Waals surface area contributed by atoms with Crippen LogP contribution in [0.15, 0.2) is 24.5 Å². The zero-order chi connectivity index (χ0) is 19.0. The highest BCUT2D eigenvalue weighted by molar-refractivity contribution is 7.18. The van der Waals surface area contributed by atoms with Crippen LogP contribution in [0, 0.1) is 6.92 Å². The maximum Gasteiger partial charge on any atom is 0.274 e. The molecule has 3 aromatic heterocycles. The molecule has 0 saturated carbocycles. The fourth-order valence-corrected chi connectivity index (χ4v) is 3.96. The number of aliphatic hydroxyl groups is 1. The summed E-state index contributed by atoms with van der Waals surface area (Å²) in [5.74, 6) is 0.159. The molecule has 4 heterocycles. The molecule has 2 atom stereocenters. The van der Waals surface area contributed by atoms with Crippen molar-refractivity contribution in [3.8, 4) is 0 Å². The van der Waals surface area contributed by atoms with E-state index in [1.807, 2.05) is 26.0 Å². The molecule has 3 aromatic rings. The number of amides is 1. The lowest BCUT2D eigenvalue weighted by Crippen LogP contribution is -2.30. The number of nitrogens with one attached hydrogen (secondary N) is 1. The van der Waals surface area contributed by atoms with E-state index in [4.69, 9.17) is 0 Å². The maximum atomic E-state index is 13.0. The van der Waals surface area contributed by atoms with Gasteiger partial charge in [-0.05, 0) is 31.9 Å². The smallest absolute Gasteiger partial charge is 0.274 e. The molecule has 2 N–H and O–H groups in total. The Kier molecular flexibility index (Phi) is 4.71. The van der Waals surface area contributed by atoms with E-state index in [9.17, 15) is 9.90 Å². The Balaban J connectivity index is 1.69. The van der Waals surface area contributed by atoms with Gasteiger partial charge in [-0.2, -0.15) is 4.98 Å². The number of β-amino-alcohol motifs (C(OH)–C–C–N with tert-alkyl or cyclic N) is 1. The van der Waals surface area contributed by atoms with Gasteiger partial charge in [-0.3, -0.25) is 9.78 Å². The predicted molar refractivity (Wildman–Crippen MR) is 103 cm³/mol. The molecule has 0 aromatic carbocycles. The zero-order valence-electron chi connectivity index (χ0n) is 15.1. The Hall–Kier alpha value is -2.65. The van der Waals surface area contributed by atoms with Crippen LogP contribution in [-0.2, 0) is 0 Å². The lowest BCUT2D eigenvalue weighted by Gasteiger charge is -2.17. The topological polar surface area (TPSA) is 104 Å². The fourth-order valence-electron chi connectivity index (χ4n) is 3.12. The highest BCUT2D eigenvalue weighted by atomic mass is 32.1. The van der Waals surface area contributed by atoms with Gasteiger partial charge in [0.15, 0.2) is 11.3 Å². The van der Waals surface area contributed by atoms with E-state index in [0.717, 1.165) is 10.6 Å². The van der Waals surface area contributed by atoms with Crippen LogP contribution in [0.25, 0.3) is 10.3 Å². The normalized spacial score (nSPS) is 18.0. The third-order valence-electron chi connectivity index (χ3n) is 4.54. The number of likely N-dealkylation sites (tertiary alicyclic amines) is 1. The largest absolute Gasteiger partial charge is 0.391 e. The molecule has 4 rings (SSSR count). The van der Waals surface area contributed by atoms with Gasteiger partial charge in [0.25, 0.3) is 5.91 Å². The zero-order valence-corrected chi connectivity index (χ0v) is 15.9. The molecule has 0 spiro atoms. The first-order chi connectivity index (χ1) is 13.0. The monoisotopic (exact) mass is 384 g/mol. The van der Waals surface area contributed by atoms with Crippen LogP contribution in [0.4, 0.5) is 5.95 Å². The summed E-state index contributed by atoms with van der Waals surface area (Å²) in [5, 5.41) is 13.8. The Morgan fingerprint density at radius 3 is 2.96 bits per heavy atom. The quantitative estimate of drug-likeness (QED) is 0.710. The SMILES string of the molecule is Cc1nc2nc(N[C@@H](C)c3cccnc3)nc(C(=O)N3CC[C@H](O)C3)c2s1. The average molecular weight is 384 g/mol. The van der Waals surface area contributed by atoms with Crippen molar-refractivity contribution in [2.75, 3.05) is 18.4 Å². The standard InChI is InChI=1S/C18H20N6O2S/c1-10(12-4-3-6-19-8-12)20-18-22-14(15-16(23-18)21-11(2)27-15)17(26)24-7-5-13(25)9-24/h3-4,6,8,10,13,25H,5,7,9H2,1-2H3,(H,20,22,23)/t10-,13-/m0/s1. The number of anilines is 1. The van der Waals surface area contributed by atoms with Gasteiger partial charge in [0.2, 0.25) is 5.95 Å². The third-order valence-corrected chi connectivity index (χ3v) is 5.51. The second kappa shape index (κ2) is 7.16. The number of hydrogen-bond acceptors (Lipinski definition) is 8. The fraction of sp³-hybridized carbons (Fsp3) is 0.389. The first-order valence-corrected chi connectivity index (χ1v) is 9.62. The van der Waals surface area contributed by atoms with Crippen LogP contribution in [0.3, 0.4) is 0 Å². The lowest BCUT2D eigenvalue weighted by molar-refractivity contribution is 0.0761. The number of carbonyl (C=O) groups is 1. The molecular formula is C18H20N6O2S. The minimum absolute atomic E-state index is 0.0764. The van der Waals surface area contributed by atoms with Gasteiger partial charge < -0.3 is 15.3 Å². The highest BCUT2D eigenvalue weighted by Gasteiger charge is 2.29. The Bertz CT molecular complexity index is 977. The summed E-state index contributed by atoms with van der Waals surface area (Å²) in [6.07, 6.45) is 3.61. The van der Waals surface area contributed by atoms with Crippen molar-refractivity contribution in [3.63, 3.8) is 0 Å². The van der Waals surface area contributed by atoms with Crippen molar-refractivity contribution >= 4 is 33.5 Å². The number of fused-ring (bicyclic) bond motifs is 1. The first kappa shape index (κ1) is 17.7. The van der Waals surface area contributed by atoms with E-state index < -0.39 is 6.10 Å². The molecule has 0 radical (unpaired) electrons. The molecule has 8 nitrogen and oxygen atoms in total. The number of carbonyl (C=O) groups excluding carboxylic acids is 1. The molecule has 0 aliphatic carbocycles. The molecule has 0 unspecified atom stereocenters. The summed E-state index contributed by atoms with van der Waals surface area (Å²) in [6, 6.07) is 3.76.